The molecule has 0 radical (unpaired) electrons. The van der Waals surface area contributed by atoms with Crippen LogP contribution in [0.1, 0.15) is 43.9 Å². The fraction of sp³-hybridized carbons (Fsp3) is 0.375. The van der Waals surface area contributed by atoms with Crippen molar-refractivity contribution in [2.24, 2.45) is 0 Å². The molecule has 0 fully saturated rings. The van der Waals surface area contributed by atoms with Crippen LogP contribution in [0.2, 0.25) is 0 Å². The van der Waals surface area contributed by atoms with E-state index in [1.807, 2.05) is 19.1 Å². The summed E-state index contributed by atoms with van der Waals surface area (Å²) in [6, 6.07) is 15.3. The van der Waals surface area contributed by atoms with Crippen molar-refractivity contribution in [2.45, 2.75) is 39.2 Å². The van der Waals surface area contributed by atoms with E-state index < -0.39 is 0 Å². The molecular formula is C24H31N4O3+. The first-order valence-electron chi connectivity index (χ1n) is 10.8. The number of carbonyl (C=O) groups excluding carboxylic acids is 3. The normalized spacial score (nSPS) is 16.0. The molecule has 0 aliphatic heterocycles. The standard InChI is InChI=1S/C24H30N4O3/c1-3-28(15-23(30)26-20-13-11-19(12-14-20)25-17(2)29)16-24(31)27-22-10-6-8-18-7-4-5-9-21(18)22/h4-5,7,9,11-14,22H,3,6,8,10,15-16H2,1-2H3,(H,25,29)(H,26,30)(H,27,31)/p+1/t22-/m0/s1. The molecule has 1 aliphatic carbocycles. The molecule has 3 rings (SSSR count). The molecule has 0 saturated heterocycles. The molecule has 0 bridgehead atoms. The first-order valence-corrected chi connectivity index (χ1v) is 10.8. The van der Waals surface area contributed by atoms with Gasteiger partial charge < -0.3 is 20.9 Å². The number of nitrogens with one attached hydrogen (secondary N) is 4. The van der Waals surface area contributed by atoms with Gasteiger partial charge in [0.1, 0.15) is 0 Å². The zero-order valence-electron chi connectivity index (χ0n) is 18.2. The van der Waals surface area contributed by atoms with E-state index in [9.17, 15) is 14.4 Å². The third kappa shape index (κ3) is 6.65. The van der Waals surface area contributed by atoms with Crippen molar-refractivity contribution in [3.63, 3.8) is 0 Å². The number of benzene rings is 2. The van der Waals surface area contributed by atoms with Crippen LogP contribution in [0.4, 0.5) is 11.4 Å². The van der Waals surface area contributed by atoms with Crippen molar-refractivity contribution in [2.75, 3.05) is 30.3 Å². The Hall–Kier alpha value is -3.19. The Morgan fingerprint density at radius 1 is 0.935 bits per heavy atom. The molecule has 2 aromatic carbocycles. The van der Waals surface area contributed by atoms with Crippen molar-refractivity contribution in [1.29, 1.82) is 0 Å². The average Bonchev–Trinajstić information content (AvgIpc) is 2.74. The van der Waals surface area contributed by atoms with Gasteiger partial charge in [0, 0.05) is 18.3 Å². The van der Waals surface area contributed by atoms with E-state index in [2.05, 4.69) is 28.1 Å². The summed E-state index contributed by atoms with van der Waals surface area (Å²) in [4.78, 5) is 37.1. The van der Waals surface area contributed by atoms with Crippen molar-refractivity contribution >= 4 is 29.1 Å². The van der Waals surface area contributed by atoms with Gasteiger partial charge in [-0.15, -0.1) is 0 Å². The number of aryl methyl sites for hydroxylation is 1. The van der Waals surface area contributed by atoms with Crippen LogP contribution in [0, 0.1) is 0 Å². The van der Waals surface area contributed by atoms with Crippen LogP contribution in [0.15, 0.2) is 48.5 Å². The Morgan fingerprint density at radius 2 is 1.58 bits per heavy atom. The molecule has 164 valence electrons. The third-order valence-electron chi connectivity index (χ3n) is 5.51. The van der Waals surface area contributed by atoms with Gasteiger partial charge in [-0.2, -0.15) is 0 Å². The summed E-state index contributed by atoms with van der Waals surface area (Å²) in [6.07, 6.45) is 3.06. The Morgan fingerprint density at radius 3 is 2.26 bits per heavy atom. The number of rotatable bonds is 8. The highest BCUT2D eigenvalue weighted by atomic mass is 16.2. The molecule has 0 heterocycles. The first-order chi connectivity index (χ1) is 14.9. The molecule has 7 heteroatoms. The topological polar surface area (TPSA) is 91.7 Å². The monoisotopic (exact) mass is 423 g/mol. The summed E-state index contributed by atoms with van der Waals surface area (Å²) >= 11 is 0. The lowest BCUT2D eigenvalue weighted by Crippen LogP contribution is -3.14. The van der Waals surface area contributed by atoms with Crippen molar-refractivity contribution in [3.05, 3.63) is 59.7 Å². The van der Waals surface area contributed by atoms with Gasteiger partial charge in [-0.3, -0.25) is 14.4 Å². The summed E-state index contributed by atoms with van der Waals surface area (Å²) in [6.45, 7) is 4.54. The number of anilines is 2. The van der Waals surface area contributed by atoms with Crippen LogP contribution in [0.3, 0.4) is 0 Å². The van der Waals surface area contributed by atoms with Gasteiger partial charge in [0.15, 0.2) is 13.1 Å². The lowest BCUT2D eigenvalue weighted by molar-refractivity contribution is -0.881. The molecule has 7 nitrogen and oxygen atoms in total. The van der Waals surface area contributed by atoms with Gasteiger partial charge >= 0.3 is 0 Å². The third-order valence-corrected chi connectivity index (χ3v) is 5.51. The molecule has 31 heavy (non-hydrogen) atoms. The van der Waals surface area contributed by atoms with Crippen LogP contribution in [-0.4, -0.2) is 37.4 Å². The summed E-state index contributed by atoms with van der Waals surface area (Å²) in [5, 5.41) is 8.70. The minimum atomic E-state index is -0.153. The van der Waals surface area contributed by atoms with Gasteiger partial charge in [0.2, 0.25) is 5.91 Å². The quantitative estimate of drug-likeness (QED) is 0.521. The highest BCUT2D eigenvalue weighted by Gasteiger charge is 2.23. The molecule has 1 aliphatic rings. The van der Waals surface area contributed by atoms with Gasteiger partial charge in [-0.25, -0.2) is 0 Å². The predicted molar refractivity (Wildman–Crippen MR) is 121 cm³/mol. The minimum absolute atomic E-state index is 0.0361. The van der Waals surface area contributed by atoms with E-state index in [0.29, 0.717) is 17.9 Å². The second-order valence-electron chi connectivity index (χ2n) is 7.97. The fourth-order valence-corrected chi connectivity index (χ4v) is 3.96. The number of fused-ring (bicyclic) bond motifs is 1. The smallest absolute Gasteiger partial charge is 0.279 e. The Bertz CT molecular complexity index is 927. The summed E-state index contributed by atoms with van der Waals surface area (Å²) in [5.74, 6) is -0.333. The number of hydrogen-bond donors (Lipinski definition) is 4. The van der Waals surface area contributed by atoms with Crippen LogP contribution in [-0.2, 0) is 20.8 Å². The number of quaternary nitrogens is 1. The Balaban J connectivity index is 1.50. The van der Waals surface area contributed by atoms with Gasteiger partial charge in [0.25, 0.3) is 11.8 Å². The summed E-state index contributed by atoms with van der Waals surface area (Å²) < 4.78 is 0. The average molecular weight is 424 g/mol. The molecule has 2 aromatic rings. The molecule has 0 spiro atoms. The second kappa shape index (κ2) is 10.7. The number of amides is 3. The first kappa shape index (κ1) is 22.5. The minimum Gasteiger partial charge on any atom is -0.344 e. The summed E-state index contributed by atoms with van der Waals surface area (Å²) in [5.41, 5.74) is 3.84. The lowest BCUT2D eigenvalue weighted by Gasteiger charge is -2.27. The zero-order chi connectivity index (χ0) is 22.2. The number of likely N-dealkylation sites (N-methyl/N-ethyl adjacent to an activating group) is 1. The zero-order valence-corrected chi connectivity index (χ0v) is 18.2. The molecule has 1 unspecified atom stereocenters. The highest BCUT2D eigenvalue weighted by Crippen LogP contribution is 2.29. The second-order valence-corrected chi connectivity index (χ2v) is 7.97. The molecule has 4 N–H and O–H groups in total. The van der Waals surface area contributed by atoms with E-state index in [1.165, 1.54) is 18.1 Å². The number of carbonyl (C=O) groups is 3. The molecule has 2 atom stereocenters. The van der Waals surface area contributed by atoms with E-state index in [4.69, 9.17) is 0 Å². The maximum absolute atomic E-state index is 12.7. The van der Waals surface area contributed by atoms with Crippen molar-refractivity contribution < 1.29 is 19.3 Å². The van der Waals surface area contributed by atoms with Crippen LogP contribution < -0.4 is 20.9 Å². The predicted octanol–water partition coefficient (Wildman–Crippen LogP) is 1.68. The fourth-order valence-electron chi connectivity index (χ4n) is 3.96. The van der Waals surface area contributed by atoms with Crippen LogP contribution >= 0.6 is 0 Å². The summed E-state index contributed by atoms with van der Waals surface area (Å²) in [7, 11) is 0. The maximum Gasteiger partial charge on any atom is 0.279 e. The van der Waals surface area contributed by atoms with Crippen LogP contribution in [0.25, 0.3) is 0 Å². The number of hydrogen-bond acceptors (Lipinski definition) is 3. The van der Waals surface area contributed by atoms with E-state index in [0.717, 1.165) is 24.2 Å². The van der Waals surface area contributed by atoms with E-state index in [1.54, 1.807) is 24.3 Å². The molecular weight excluding hydrogens is 392 g/mol. The molecule has 3 amide bonds. The maximum atomic E-state index is 12.7. The van der Waals surface area contributed by atoms with Gasteiger partial charge in [0.05, 0.1) is 12.6 Å². The molecule has 0 saturated carbocycles. The van der Waals surface area contributed by atoms with Gasteiger partial charge in [-0.1, -0.05) is 24.3 Å². The SMILES string of the molecule is CC[NH+](CC(=O)Nc1ccc(NC(C)=O)cc1)CC(=O)N[C@H]1CCCc2ccccc21. The highest BCUT2D eigenvalue weighted by molar-refractivity contribution is 5.92. The van der Waals surface area contributed by atoms with Gasteiger partial charge in [-0.05, 0) is 61.6 Å². The Kier molecular flexibility index (Phi) is 7.78. The van der Waals surface area contributed by atoms with E-state index in [-0.39, 0.29) is 36.9 Å². The lowest BCUT2D eigenvalue weighted by atomic mass is 9.88. The van der Waals surface area contributed by atoms with Crippen LogP contribution in [0.5, 0.6) is 0 Å². The van der Waals surface area contributed by atoms with Crippen molar-refractivity contribution in [1.82, 2.24) is 5.32 Å². The Labute approximate surface area is 183 Å². The molecule has 0 aromatic heterocycles. The van der Waals surface area contributed by atoms with E-state index >= 15 is 0 Å². The largest absolute Gasteiger partial charge is 0.344 e. The van der Waals surface area contributed by atoms with Crippen molar-refractivity contribution in [3.8, 4) is 0 Å².